The highest BCUT2D eigenvalue weighted by Gasteiger charge is 2.09. The SMILES string of the molecule is C/C(=N/NC(=O)c1ccccc1F)c1ccc(Cl)cc1. The van der Waals surface area contributed by atoms with Gasteiger partial charge in [0.05, 0.1) is 11.3 Å². The van der Waals surface area contributed by atoms with E-state index in [9.17, 15) is 9.18 Å². The van der Waals surface area contributed by atoms with Gasteiger partial charge in [-0.1, -0.05) is 35.9 Å². The van der Waals surface area contributed by atoms with Crippen molar-refractivity contribution in [2.75, 3.05) is 0 Å². The summed E-state index contributed by atoms with van der Waals surface area (Å²) in [7, 11) is 0. The van der Waals surface area contributed by atoms with Crippen LogP contribution in [-0.2, 0) is 0 Å². The van der Waals surface area contributed by atoms with Crippen LogP contribution in [0.4, 0.5) is 4.39 Å². The predicted molar refractivity (Wildman–Crippen MR) is 77.5 cm³/mol. The van der Waals surface area contributed by atoms with Gasteiger partial charge in [-0.05, 0) is 36.8 Å². The average Bonchev–Trinajstić information content (AvgIpc) is 2.45. The maximum atomic E-state index is 13.4. The molecule has 0 aromatic heterocycles. The van der Waals surface area contributed by atoms with E-state index in [2.05, 4.69) is 10.5 Å². The Hall–Kier alpha value is -2.20. The molecule has 0 atom stereocenters. The molecule has 2 rings (SSSR count). The number of carbonyl (C=O) groups is 1. The molecule has 0 saturated carbocycles. The molecule has 0 aliphatic heterocycles. The van der Waals surface area contributed by atoms with Crippen LogP contribution in [0.25, 0.3) is 0 Å². The molecule has 0 saturated heterocycles. The van der Waals surface area contributed by atoms with Crippen LogP contribution in [0.1, 0.15) is 22.8 Å². The minimum Gasteiger partial charge on any atom is -0.267 e. The zero-order chi connectivity index (χ0) is 14.5. The van der Waals surface area contributed by atoms with Gasteiger partial charge in [-0.25, -0.2) is 9.82 Å². The Bertz CT molecular complexity index is 653. The van der Waals surface area contributed by atoms with Gasteiger partial charge in [0.2, 0.25) is 0 Å². The Morgan fingerprint density at radius 1 is 1.15 bits per heavy atom. The van der Waals surface area contributed by atoms with Crippen molar-refractivity contribution in [1.29, 1.82) is 0 Å². The van der Waals surface area contributed by atoms with E-state index in [1.807, 2.05) is 0 Å². The summed E-state index contributed by atoms with van der Waals surface area (Å²) in [6.07, 6.45) is 0. The van der Waals surface area contributed by atoms with Gasteiger partial charge >= 0.3 is 0 Å². The van der Waals surface area contributed by atoms with Crippen LogP contribution in [0.15, 0.2) is 53.6 Å². The fraction of sp³-hybridized carbons (Fsp3) is 0.0667. The first kappa shape index (κ1) is 14.2. The van der Waals surface area contributed by atoms with Crippen molar-refractivity contribution in [3.05, 3.63) is 70.5 Å². The molecule has 2 aromatic carbocycles. The lowest BCUT2D eigenvalue weighted by Gasteiger charge is -2.04. The second kappa shape index (κ2) is 6.30. The van der Waals surface area contributed by atoms with Gasteiger partial charge in [-0.3, -0.25) is 4.79 Å². The molecular formula is C15H12ClFN2O. The first-order valence-electron chi connectivity index (χ1n) is 5.93. The van der Waals surface area contributed by atoms with E-state index in [0.29, 0.717) is 10.7 Å². The Morgan fingerprint density at radius 2 is 1.80 bits per heavy atom. The van der Waals surface area contributed by atoms with Gasteiger partial charge < -0.3 is 0 Å². The van der Waals surface area contributed by atoms with E-state index in [-0.39, 0.29) is 5.56 Å². The molecule has 3 nitrogen and oxygen atoms in total. The molecule has 0 aliphatic carbocycles. The number of nitrogens with one attached hydrogen (secondary N) is 1. The Kier molecular flexibility index (Phi) is 4.48. The van der Waals surface area contributed by atoms with E-state index in [1.54, 1.807) is 37.3 Å². The number of hydrogen-bond donors (Lipinski definition) is 1. The third-order valence-electron chi connectivity index (χ3n) is 2.71. The molecule has 20 heavy (non-hydrogen) atoms. The molecule has 0 radical (unpaired) electrons. The van der Waals surface area contributed by atoms with Gasteiger partial charge in [-0.2, -0.15) is 5.10 Å². The number of carbonyl (C=O) groups excluding carboxylic acids is 1. The number of amides is 1. The summed E-state index contributed by atoms with van der Waals surface area (Å²) in [5.74, 6) is -1.17. The lowest BCUT2D eigenvalue weighted by molar-refractivity contribution is 0.0951. The number of hydrogen-bond acceptors (Lipinski definition) is 2. The number of nitrogens with zero attached hydrogens (tertiary/aromatic N) is 1. The largest absolute Gasteiger partial charge is 0.274 e. The molecule has 5 heteroatoms. The molecule has 0 aliphatic rings. The molecule has 0 heterocycles. The standard InChI is InChI=1S/C15H12ClFN2O/c1-10(11-6-8-12(16)9-7-11)18-19-15(20)13-4-2-3-5-14(13)17/h2-9H,1H3,(H,19,20)/b18-10-. The summed E-state index contributed by atoms with van der Waals surface area (Å²) < 4.78 is 13.4. The third kappa shape index (κ3) is 3.42. The van der Waals surface area contributed by atoms with Gasteiger partial charge in [0.15, 0.2) is 0 Å². The van der Waals surface area contributed by atoms with Gasteiger partial charge in [0, 0.05) is 5.02 Å². The smallest absolute Gasteiger partial charge is 0.267 e. The molecule has 0 fully saturated rings. The van der Waals surface area contributed by atoms with Crippen LogP contribution in [0, 0.1) is 5.82 Å². The molecular weight excluding hydrogens is 279 g/mol. The fourth-order valence-electron chi connectivity index (χ4n) is 1.60. The molecule has 1 amide bonds. The number of halogens is 2. The molecule has 2 aromatic rings. The average molecular weight is 291 g/mol. The van der Waals surface area contributed by atoms with Crippen molar-refractivity contribution in [1.82, 2.24) is 5.43 Å². The number of rotatable bonds is 3. The quantitative estimate of drug-likeness (QED) is 0.680. The van der Waals surface area contributed by atoms with Crippen molar-refractivity contribution in [2.24, 2.45) is 5.10 Å². The molecule has 1 N–H and O–H groups in total. The Labute approximate surface area is 121 Å². The highest BCUT2D eigenvalue weighted by Crippen LogP contribution is 2.10. The zero-order valence-corrected chi connectivity index (χ0v) is 11.5. The summed E-state index contributed by atoms with van der Waals surface area (Å²) in [4.78, 5) is 11.8. The van der Waals surface area contributed by atoms with Crippen LogP contribution in [0.2, 0.25) is 5.02 Å². The van der Waals surface area contributed by atoms with Crippen LogP contribution in [0.3, 0.4) is 0 Å². The molecule has 102 valence electrons. The minimum absolute atomic E-state index is 0.0415. The van der Waals surface area contributed by atoms with Crippen LogP contribution in [0.5, 0.6) is 0 Å². The fourth-order valence-corrected chi connectivity index (χ4v) is 1.72. The topological polar surface area (TPSA) is 41.5 Å². The zero-order valence-electron chi connectivity index (χ0n) is 10.7. The van der Waals surface area contributed by atoms with E-state index in [1.165, 1.54) is 18.2 Å². The van der Waals surface area contributed by atoms with Gasteiger partial charge in [0.25, 0.3) is 5.91 Å². The lowest BCUT2D eigenvalue weighted by Crippen LogP contribution is -2.20. The van der Waals surface area contributed by atoms with E-state index >= 15 is 0 Å². The molecule has 0 spiro atoms. The van der Waals surface area contributed by atoms with Crippen molar-refractivity contribution in [2.45, 2.75) is 6.92 Å². The maximum absolute atomic E-state index is 13.4. The Morgan fingerprint density at radius 3 is 2.45 bits per heavy atom. The summed E-state index contributed by atoms with van der Waals surface area (Å²) in [6.45, 7) is 1.74. The van der Waals surface area contributed by atoms with Gasteiger partial charge in [-0.15, -0.1) is 0 Å². The second-order valence-corrected chi connectivity index (χ2v) is 4.56. The Balaban J connectivity index is 2.11. The summed E-state index contributed by atoms with van der Waals surface area (Å²) in [5, 5.41) is 4.57. The molecule has 0 bridgehead atoms. The second-order valence-electron chi connectivity index (χ2n) is 4.12. The van der Waals surface area contributed by atoms with E-state index in [4.69, 9.17) is 11.6 Å². The van der Waals surface area contributed by atoms with Crippen LogP contribution < -0.4 is 5.43 Å². The first-order valence-corrected chi connectivity index (χ1v) is 6.31. The predicted octanol–water partition coefficient (Wildman–Crippen LogP) is 3.63. The monoisotopic (exact) mass is 290 g/mol. The summed E-state index contributed by atoms with van der Waals surface area (Å²) in [5.41, 5.74) is 3.71. The van der Waals surface area contributed by atoms with Crippen molar-refractivity contribution in [3.8, 4) is 0 Å². The van der Waals surface area contributed by atoms with Crippen molar-refractivity contribution >= 4 is 23.2 Å². The summed E-state index contributed by atoms with van der Waals surface area (Å²) in [6, 6.07) is 12.8. The highest BCUT2D eigenvalue weighted by atomic mass is 35.5. The maximum Gasteiger partial charge on any atom is 0.274 e. The molecule has 0 unspecified atom stereocenters. The minimum atomic E-state index is -0.587. The normalized spacial score (nSPS) is 11.2. The first-order chi connectivity index (χ1) is 9.58. The number of hydrazone groups is 1. The van der Waals surface area contributed by atoms with Gasteiger partial charge in [0.1, 0.15) is 5.82 Å². The lowest BCUT2D eigenvalue weighted by atomic mass is 10.1. The van der Waals surface area contributed by atoms with Crippen molar-refractivity contribution in [3.63, 3.8) is 0 Å². The van der Waals surface area contributed by atoms with E-state index < -0.39 is 11.7 Å². The van der Waals surface area contributed by atoms with Crippen LogP contribution >= 0.6 is 11.6 Å². The summed E-state index contributed by atoms with van der Waals surface area (Å²) >= 11 is 5.79. The van der Waals surface area contributed by atoms with Crippen molar-refractivity contribution < 1.29 is 9.18 Å². The number of benzene rings is 2. The highest BCUT2D eigenvalue weighted by molar-refractivity contribution is 6.30. The van der Waals surface area contributed by atoms with E-state index in [0.717, 1.165) is 5.56 Å². The van der Waals surface area contributed by atoms with Crippen LogP contribution in [-0.4, -0.2) is 11.6 Å². The third-order valence-corrected chi connectivity index (χ3v) is 2.96.